The molecule has 0 unspecified atom stereocenters. The monoisotopic (exact) mass is 745 g/mol. The Labute approximate surface area is 299 Å². The predicted octanol–water partition coefficient (Wildman–Crippen LogP) is 8.37. The van der Waals surface area contributed by atoms with E-state index in [4.69, 9.17) is 47.2 Å². The number of pyridine rings is 1. The number of ether oxygens (including phenoxy) is 4. The van der Waals surface area contributed by atoms with Crippen LogP contribution in [0.5, 0.6) is 5.75 Å². The van der Waals surface area contributed by atoms with Gasteiger partial charge in [0, 0.05) is 52.4 Å². The first-order chi connectivity index (χ1) is 22.1. The standard InChI is InChI=1S/C33H57Cl2N5O6Si2/c1-23-29(24(2)40(39-23)21-43-15-17-47(6,7)8)25-19-27(45-22-44-16-18-48(9,10)11)30(36-20-25)38-31(41)26(13-12-14-28(34)35)37-32(42)46-33(3,4)5/h19-20,26,28H,12-18,21-22H2,1-11H3,(H,37,42)(H,36,38,41)/t26-/m0/s1. The third-order valence-corrected chi connectivity index (χ3v) is 11.0. The number of halogens is 2. The summed E-state index contributed by atoms with van der Waals surface area (Å²) < 4.78 is 25.1. The SMILES string of the molecule is Cc1nn(COCC[Si](C)(C)C)c(C)c1-c1cnc(NC(=O)[C@H](CCCC(Cl)Cl)NC(=O)OC(C)(C)C)c(OCOCC[Si](C)(C)C)c1. The Bertz CT molecular complexity index is 1340. The minimum absolute atomic E-state index is 0.0208. The summed E-state index contributed by atoms with van der Waals surface area (Å²) in [5.41, 5.74) is 2.68. The highest BCUT2D eigenvalue weighted by atomic mass is 35.5. The van der Waals surface area contributed by atoms with Crippen molar-refractivity contribution in [2.24, 2.45) is 0 Å². The van der Waals surface area contributed by atoms with Crippen LogP contribution in [0.15, 0.2) is 12.3 Å². The topological polar surface area (TPSA) is 126 Å². The minimum atomic E-state index is -1.29. The molecule has 0 bridgehead atoms. The minimum Gasteiger partial charge on any atom is -0.464 e. The number of carbonyl (C=O) groups is 2. The molecule has 2 amide bonds. The number of aromatic nitrogens is 3. The average Bonchev–Trinajstić information content (AvgIpc) is 3.21. The lowest BCUT2D eigenvalue weighted by atomic mass is 10.1. The predicted molar refractivity (Wildman–Crippen MR) is 200 cm³/mol. The molecule has 0 aliphatic carbocycles. The molecule has 0 saturated carbocycles. The summed E-state index contributed by atoms with van der Waals surface area (Å²) in [7, 11) is -2.50. The molecule has 0 radical (unpaired) electrons. The number of nitrogens with one attached hydrogen (secondary N) is 2. The van der Waals surface area contributed by atoms with Crippen molar-refractivity contribution in [2.45, 2.75) is 128 Å². The molecule has 0 aromatic carbocycles. The van der Waals surface area contributed by atoms with Gasteiger partial charge < -0.3 is 29.6 Å². The van der Waals surface area contributed by atoms with Gasteiger partial charge in [0.1, 0.15) is 23.2 Å². The van der Waals surface area contributed by atoms with Crippen molar-refractivity contribution in [3.63, 3.8) is 0 Å². The number of anilines is 1. The molecule has 0 fully saturated rings. The van der Waals surface area contributed by atoms with E-state index in [2.05, 4.69) is 54.9 Å². The van der Waals surface area contributed by atoms with E-state index in [-0.39, 0.29) is 19.0 Å². The number of alkyl carbamates (subject to hydrolysis) is 1. The van der Waals surface area contributed by atoms with Crippen molar-refractivity contribution >= 4 is 57.2 Å². The Morgan fingerprint density at radius 3 is 2.19 bits per heavy atom. The molecule has 272 valence electrons. The van der Waals surface area contributed by atoms with Gasteiger partial charge in [-0.2, -0.15) is 5.10 Å². The smallest absolute Gasteiger partial charge is 0.408 e. The molecule has 48 heavy (non-hydrogen) atoms. The molecule has 0 aliphatic heterocycles. The quantitative estimate of drug-likeness (QED) is 0.0636. The fourth-order valence-corrected chi connectivity index (χ4v) is 6.32. The van der Waals surface area contributed by atoms with Gasteiger partial charge in [-0.1, -0.05) is 39.3 Å². The van der Waals surface area contributed by atoms with Crippen LogP contribution in [0.3, 0.4) is 0 Å². The molecule has 2 aromatic rings. The molecule has 11 nitrogen and oxygen atoms in total. The van der Waals surface area contributed by atoms with Crippen LogP contribution in [0.2, 0.25) is 51.4 Å². The molecule has 1 atom stereocenters. The van der Waals surface area contributed by atoms with Crippen molar-refractivity contribution in [2.75, 3.05) is 25.3 Å². The van der Waals surface area contributed by atoms with Crippen LogP contribution in [0, 0.1) is 13.8 Å². The highest BCUT2D eigenvalue weighted by Gasteiger charge is 2.26. The highest BCUT2D eigenvalue weighted by molar-refractivity contribution is 6.76. The van der Waals surface area contributed by atoms with Crippen molar-refractivity contribution in [1.29, 1.82) is 0 Å². The molecule has 0 aliphatic rings. The summed E-state index contributed by atoms with van der Waals surface area (Å²) in [5.74, 6) is 0.0322. The van der Waals surface area contributed by atoms with E-state index < -0.39 is 44.6 Å². The maximum atomic E-state index is 13.6. The second-order valence-electron chi connectivity index (χ2n) is 15.5. The largest absolute Gasteiger partial charge is 0.464 e. The molecular formula is C33H57Cl2N5O6Si2. The van der Waals surface area contributed by atoms with E-state index in [1.807, 2.05) is 24.6 Å². The van der Waals surface area contributed by atoms with Crippen LogP contribution in [0.25, 0.3) is 11.1 Å². The number of amides is 2. The second kappa shape index (κ2) is 18.7. The van der Waals surface area contributed by atoms with Gasteiger partial charge in [-0.25, -0.2) is 14.5 Å². The van der Waals surface area contributed by atoms with E-state index in [1.165, 1.54) is 0 Å². The number of carbonyl (C=O) groups excluding carboxylic acids is 2. The third-order valence-electron chi connectivity index (χ3n) is 7.19. The number of nitrogens with zero attached hydrogens (tertiary/aromatic N) is 3. The van der Waals surface area contributed by atoms with E-state index in [0.29, 0.717) is 38.5 Å². The van der Waals surface area contributed by atoms with Crippen LogP contribution >= 0.6 is 23.2 Å². The Morgan fingerprint density at radius 2 is 1.60 bits per heavy atom. The van der Waals surface area contributed by atoms with Gasteiger partial charge in [-0.15, -0.1) is 23.2 Å². The molecule has 2 rings (SSSR count). The molecule has 0 spiro atoms. The summed E-state index contributed by atoms with van der Waals surface area (Å²) >= 11 is 11.8. The average molecular weight is 747 g/mol. The normalized spacial score (nSPS) is 13.0. The molecule has 2 heterocycles. The van der Waals surface area contributed by atoms with Gasteiger partial charge >= 0.3 is 6.09 Å². The first-order valence-corrected chi connectivity index (χ1v) is 24.8. The van der Waals surface area contributed by atoms with Crippen LogP contribution in [0.4, 0.5) is 10.6 Å². The van der Waals surface area contributed by atoms with Crippen LogP contribution < -0.4 is 15.4 Å². The fraction of sp³-hybridized carbons (Fsp3) is 0.697. The van der Waals surface area contributed by atoms with E-state index in [0.717, 1.165) is 34.6 Å². The van der Waals surface area contributed by atoms with Crippen LogP contribution in [-0.4, -0.2) is 79.4 Å². The Hall–Kier alpha value is -2.17. The van der Waals surface area contributed by atoms with Gasteiger partial charge in [-0.05, 0) is 72.0 Å². The van der Waals surface area contributed by atoms with Crippen LogP contribution in [0.1, 0.15) is 51.4 Å². The number of alkyl halides is 2. The lowest BCUT2D eigenvalue weighted by Gasteiger charge is -2.23. The lowest BCUT2D eigenvalue weighted by Crippen LogP contribution is -2.46. The van der Waals surface area contributed by atoms with Crippen molar-refractivity contribution < 1.29 is 28.5 Å². The van der Waals surface area contributed by atoms with Crippen molar-refractivity contribution in [3.8, 4) is 16.9 Å². The van der Waals surface area contributed by atoms with Gasteiger partial charge in [0.15, 0.2) is 18.4 Å². The third kappa shape index (κ3) is 16.0. The molecule has 2 N–H and O–H groups in total. The fourth-order valence-electron chi connectivity index (χ4n) is 4.50. The Balaban J connectivity index is 2.35. The van der Waals surface area contributed by atoms with Crippen molar-refractivity contribution in [1.82, 2.24) is 20.1 Å². The zero-order valence-electron chi connectivity index (χ0n) is 30.7. The Morgan fingerprint density at radius 1 is 0.979 bits per heavy atom. The number of hydrogen-bond donors (Lipinski definition) is 2. The second-order valence-corrected chi connectivity index (χ2v) is 28.0. The lowest BCUT2D eigenvalue weighted by molar-refractivity contribution is -0.118. The zero-order chi connectivity index (χ0) is 36.3. The highest BCUT2D eigenvalue weighted by Crippen LogP contribution is 2.33. The van der Waals surface area contributed by atoms with Crippen molar-refractivity contribution in [3.05, 3.63) is 23.7 Å². The van der Waals surface area contributed by atoms with Gasteiger partial charge in [0.25, 0.3) is 0 Å². The van der Waals surface area contributed by atoms with Gasteiger partial charge in [0.05, 0.1) is 5.69 Å². The zero-order valence-corrected chi connectivity index (χ0v) is 34.2. The summed E-state index contributed by atoms with van der Waals surface area (Å²) in [4.78, 5) is 30.2. The summed E-state index contributed by atoms with van der Waals surface area (Å²) in [6.07, 6.45) is 2.20. The van der Waals surface area contributed by atoms with E-state index >= 15 is 0 Å². The maximum absolute atomic E-state index is 13.6. The summed E-state index contributed by atoms with van der Waals surface area (Å²) in [5, 5.41) is 10.2. The maximum Gasteiger partial charge on any atom is 0.408 e. The van der Waals surface area contributed by atoms with E-state index in [1.54, 1.807) is 27.0 Å². The number of hydrogen-bond acceptors (Lipinski definition) is 8. The molecule has 15 heteroatoms. The molecular weight excluding hydrogens is 689 g/mol. The van der Waals surface area contributed by atoms with Crippen LogP contribution in [-0.2, 0) is 25.7 Å². The summed E-state index contributed by atoms with van der Waals surface area (Å²) in [6, 6.07) is 2.95. The molecule has 2 aromatic heterocycles. The van der Waals surface area contributed by atoms with Gasteiger partial charge in [0.2, 0.25) is 5.91 Å². The van der Waals surface area contributed by atoms with E-state index in [9.17, 15) is 9.59 Å². The van der Waals surface area contributed by atoms with Gasteiger partial charge in [-0.3, -0.25) is 4.79 Å². The first-order valence-electron chi connectivity index (χ1n) is 16.6. The number of aryl methyl sites for hydroxylation is 1. The molecule has 0 saturated heterocycles. The Kier molecular flexibility index (Phi) is 16.4. The first kappa shape index (κ1) is 42.0. The number of rotatable bonds is 19. The summed E-state index contributed by atoms with van der Waals surface area (Å²) in [6.45, 7) is 24.6.